The van der Waals surface area contributed by atoms with Crippen LogP contribution >= 0.6 is 0 Å². The van der Waals surface area contributed by atoms with Gasteiger partial charge in [-0.25, -0.2) is 4.68 Å². The first-order chi connectivity index (χ1) is 16.8. The molecule has 5 rings (SSSR count). The minimum absolute atomic E-state index is 0.214. The summed E-state index contributed by atoms with van der Waals surface area (Å²) in [5, 5.41) is 18.6. The van der Waals surface area contributed by atoms with Crippen LogP contribution in [0.4, 0.5) is 5.69 Å². The Hall–Kier alpha value is -3.12. The molecule has 4 N–H and O–H groups in total. The summed E-state index contributed by atoms with van der Waals surface area (Å²) in [4.78, 5) is 12.2. The zero-order valence-electron chi connectivity index (χ0n) is 20.8. The number of nitrogens with zero attached hydrogens (tertiary/aromatic N) is 2. The van der Waals surface area contributed by atoms with Crippen LogP contribution < -0.4 is 11.1 Å². The highest BCUT2D eigenvalue weighted by Gasteiger charge is 2.31. The van der Waals surface area contributed by atoms with E-state index in [1.165, 1.54) is 16.8 Å². The summed E-state index contributed by atoms with van der Waals surface area (Å²) in [5.41, 5.74) is 13.2. The third-order valence-electron chi connectivity index (χ3n) is 7.65. The highest BCUT2D eigenvalue weighted by molar-refractivity contribution is 5.99. The number of hydrogen-bond donors (Lipinski definition) is 3. The number of fused-ring (bicyclic) bond motifs is 1. The van der Waals surface area contributed by atoms with Crippen molar-refractivity contribution >= 4 is 11.6 Å². The lowest BCUT2D eigenvalue weighted by molar-refractivity contribution is 0.100. The number of primary amides is 1. The predicted octanol–water partition coefficient (Wildman–Crippen LogP) is 4.79. The zero-order chi connectivity index (χ0) is 24.6. The third kappa shape index (κ3) is 5.13. The van der Waals surface area contributed by atoms with Gasteiger partial charge >= 0.3 is 0 Å². The summed E-state index contributed by atoms with van der Waals surface area (Å²) in [6, 6.07) is 16.5. The summed E-state index contributed by atoms with van der Waals surface area (Å²) in [6.07, 6.45) is 7.01. The lowest BCUT2D eigenvalue weighted by Crippen LogP contribution is -2.29. The Bertz CT molecular complexity index is 1210. The smallest absolute Gasteiger partial charge is 0.250 e. The van der Waals surface area contributed by atoms with Crippen LogP contribution in [0, 0.1) is 5.41 Å². The van der Waals surface area contributed by atoms with Crippen LogP contribution in [0.15, 0.2) is 48.5 Å². The van der Waals surface area contributed by atoms with Gasteiger partial charge in [-0.05, 0) is 79.7 Å². The number of nitrogens with two attached hydrogens (primary N) is 1. The normalized spacial score (nSPS) is 21.3. The Kier molecular flexibility index (Phi) is 6.41. The molecule has 2 aliphatic carbocycles. The Balaban J connectivity index is 1.53. The number of hydrogen-bond acceptors (Lipinski definition) is 4. The standard InChI is InChI=1S/C29H36N4O2/c1-29(2)15-14-23-26(16-19-6-4-3-5-7-19)32-33(27(23)18-29)21-10-13-24(28(30)35)25(17-21)31-20-8-11-22(34)12-9-20/h3-7,10,13,17,20,22,31,34H,8-9,11-12,14-16,18H2,1-2H3,(H2,30,35)/t20-,22-. The van der Waals surface area contributed by atoms with Gasteiger partial charge in [-0.2, -0.15) is 5.10 Å². The van der Waals surface area contributed by atoms with Gasteiger partial charge in [0.1, 0.15) is 0 Å². The van der Waals surface area contributed by atoms with Crippen LogP contribution in [0.1, 0.15) is 78.8 Å². The molecule has 6 heteroatoms. The van der Waals surface area contributed by atoms with Gasteiger partial charge < -0.3 is 16.2 Å². The van der Waals surface area contributed by atoms with Crippen molar-refractivity contribution in [3.63, 3.8) is 0 Å². The van der Waals surface area contributed by atoms with Crippen LogP contribution in [0.25, 0.3) is 5.69 Å². The molecule has 0 radical (unpaired) electrons. The van der Waals surface area contributed by atoms with Crippen molar-refractivity contribution in [2.45, 2.75) is 77.4 Å². The van der Waals surface area contributed by atoms with Gasteiger partial charge in [0.15, 0.2) is 0 Å². The summed E-state index contributed by atoms with van der Waals surface area (Å²) in [5.74, 6) is -0.441. The van der Waals surface area contributed by atoms with Gasteiger partial charge in [0.05, 0.1) is 23.0 Å². The van der Waals surface area contributed by atoms with E-state index in [1.54, 1.807) is 0 Å². The zero-order valence-corrected chi connectivity index (χ0v) is 20.8. The number of aliphatic hydroxyl groups excluding tert-OH is 1. The minimum Gasteiger partial charge on any atom is -0.393 e. The Morgan fingerprint density at radius 3 is 2.60 bits per heavy atom. The molecular weight excluding hydrogens is 436 g/mol. The second-order valence-corrected chi connectivity index (χ2v) is 11.0. The molecule has 0 bridgehead atoms. The second-order valence-electron chi connectivity index (χ2n) is 11.0. The highest BCUT2D eigenvalue weighted by atomic mass is 16.3. The topological polar surface area (TPSA) is 93.2 Å². The molecule has 184 valence electrons. The van der Waals surface area contributed by atoms with Crippen LogP contribution in [0.3, 0.4) is 0 Å². The van der Waals surface area contributed by atoms with Crippen LogP contribution in [0.5, 0.6) is 0 Å². The first-order valence-corrected chi connectivity index (χ1v) is 12.8. The molecule has 1 fully saturated rings. The molecule has 0 saturated heterocycles. The maximum Gasteiger partial charge on any atom is 0.250 e. The third-order valence-corrected chi connectivity index (χ3v) is 7.65. The van der Waals surface area contributed by atoms with Crippen molar-refractivity contribution in [2.24, 2.45) is 11.1 Å². The van der Waals surface area contributed by atoms with E-state index in [0.717, 1.165) is 68.4 Å². The number of aromatic nitrogens is 2. The Labute approximate surface area is 207 Å². The average Bonchev–Trinajstić information content (AvgIpc) is 3.17. The summed E-state index contributed by atoms with van der Waals surface area (Å²) in [7, 11) is 0. The molecular formula is C29H36N4O2. The molecule has 1 amide bonds. The van der Waals surface area contributed by atoms with E-state index < -0.39 is 5.91 Å². The molecule has 3 aromatic rings. The molecule has 0 spiro atoms. The van der Waals surface area contributed by atoms with Crippen molar-refractivity contribution in [3.8, 4) is 5.69 Å². The highest BCUT2D eigenvalue weighted by Crippen LogP contribution is 2.38. The number of benzene rings is 2. The van der Waals surface area contributed by atoms with Crippen molar-refractivity contribution in [3.05, 3.63) is 76.6 Å². The number of carbonyl (C=O) groups excluding carboxylic acids is 1. The molecule has 2 aromatic carbocycles. The van der Waals surface area contributed by atoms with Gasteiger partial charge in [-0.1, -0.05) is 44.2 Å². The fourth-order valence-electron chi connectivity index (χ4n) is 5.59. The number of amides is 1. The fourth-order valence-corrected chi connectivity index (χ4v) is 5.59. The number of nitrogens with one attached hydrogen (secondary N) is 1. The number of carbonyl (C=O) groups is 1. The quantitative estimate of drug-likeness (QED) is 0.481. The van der Waals surface area contributed by atoms with E-state index in [1.807, 2.05) is 24.3 Å². The van der Waals surface area contributed by atoms with E-state index in [4.69, 9.17) is 10.8 Å². The summed E-state index contributed by atoms with van der Waals surface area (Å²) in [6.45, 7) is 4.65. The van der Waals surface area contributed by atoms with E-state index >= 15 is 0 Å². The molecule has 0 aliphatic heterocycles. The maximum atomic E-state index is 12.2. The minimum atomic E-state index is -0.441. The molecule has 0 unspecified atom stereocenters. The molecule has 1 aromatic heterocycles. The van der Waals surface area contributed by atoms with Gasteiger partial charge in [0.25, 0.3) is 5.91 Å². The predicted molar refractivity (Wildman–Crippen MR) is 139 cm³/mol. The lowest BCUT2D eigenvalue weighted by atomic mass is 9.76. The largest absolute Gasteiger partial charge is 0.393 e. The molecule has 0 atom stereocenters. The van der Waals surface area contributed by atoms with Gasteiger partial charge in [0.2, 0.25) is 0 Å². The van der Waals surface area contributed by atoms with Crippen molar-refractivity contribution in [1.29, 1.82) is 0 Å². The van der Waals surface area contributed by atoms with Crippen LogP contribution in [0.2, 0.25) is 0 Å². The van der Waals surface area contributed by atoms with Crippen LogP contribution in [-0.2, 0) is 19.3 Å². The van der Waals surface area contributed by atoms with Crippen molar-refractivity contribution in [2.75, 3.05) is 5.32 Å². The van der Waals surface area contributed by atoms with Gasteiger partial charge in [-0.3, -0.25) is 4.79 Å². The number of rotatable bonds is 6. The average molecular weight is 473 g/mol. The van der Waals surface area contributed by atoms with E-state index in [0.29, 0.717) is 5.56 Å². The van der Waals surface area contributed by atoms with Gasteiger partial charge in [-0.15, -0.1) is 0 Å². The van der Waals surface area contributed by atoms with E-state index in [-0.39, 0.29) is 17.6 Å². The fraction of sp³-hybridized carbons (Fsp3) is 0.448. The summed E-state index contributed by atoms with van der Waals surface area (Å²) < 4.78 is 2.09. The van der Waals surface area contributed by atoms with Crippen molar-refractivity contribution < 1.29 is 9.90 Å². The number of aliphatic hydroxyl groups is 1. The SMILES string of the molecule is CC1(C)CCc2c(Cc3ccccc3)nn(-c3ccc(C(N)=O)c(N[C@H]4CC[C@H](O)CC4)c3)c2C1. The van der Waals surface area contributed by atoms with E-state index in [2.05, 4.69) is 48.1 Å². The summed E-state index contributed by atoms with van der Waals surface area (Å²) >= 11 is 0. The molecule has 1 saturated carbocycles. The first kappa shape index (κ1) is 23.6. The molecule has 2 aliphatic rings. The monoisotopic (exact) mass is 472 g/mol. The first-order valence-electron chi connectivity index (χ1n) is 12.8. The Morgan fingerprint density at radius 2 is 1.89 bits per heavy atom. The van der Waals surface area contributed by atoms with Gasteiger partial charge in [0, 0.05) is 23.8 Å². The number of anilines is 1. The molecule has 6 nitrogen and oxygen atoms in total. The lowest BCUT2D eigenvalue weighted by Gasteiger charge is -2.30. The van der Waals surface area contributed by atoms with Crippen LogP contribution in [-0.4, -0.2) is 32.9 Å². The maximum absolute atomic E-state index is 12.2. The molecule has 35 heavy (non-hydrogen) atoms. The van der Waals surface area contributed by atoms with Crippen molar-refractivity contribution in [1.82, 2.24) is 9.78 Å². The second kappa shape index (κ2) is 9.50. The van der Waals surface area contributed by atoms with E-state index in [9.17, 15) is 9.90 Å². The molecule has 1 heterocycles. The Morgan fingerprint density at radius 1 is 1.14 bits per heavy atom.